The molecule has 1 N–H and O–H groups in total. The Morgan fingerprint density at radius 3 is 2.65 bits per heavy atom. The Bertz CT molecular complexity index is 434. The summed E-state index contributed by atoms with van der Waals surface area (Å²) < 4.78 is 0. The van der Waals surface area contributed by atoms with E-state index in [1.165, 1.54) is 0 Å². The van der Waals surface area contributed by atoms with Crippen LogP contribution in [0.25, 0.3) is 0 Å². The van der Waals surface area contributed by atoms with Gasteiger partial charge in [-0.1, -0.05) is 13.8 Å². The molecule has 5 heteroatoms. The Labute approximate surface area is 122 Å². The van der Waals surface area contributed by atoms with Crippen LogP contribution in [0.4, 0.5) is 11.6 Å². The lowest BCUT2D eigenvalue weighted by Gasteiger charge is -2.40. The minimum atomic E-state index is 0.580. The normalized spacial score (nSPS) is 20.2. The van der Waals surface area contributed by atoms with Gasteiger partial charge < -0.3 is 10.2 Å². The van der Waals surface area contributed by atoms with Crippen molar-refractivity contribution in [3.63, 3.8) is 0 Å². The number of nitrogens with zero attached hydrogens (tertiary/aromatic N) is 4. The SMILES string of the molecule is CCNc1cc(N2CCN(CC)C(C)C2)nc(CC)n1. The van der Waals surface area contributed by atoms with E-state index < -0.39 is 0 Å². The van der Waals surface area contributed by atoms with Gasteiger partial charge in [-0.15, -0.1) is 0 Å². The van der Waals surface area contributed by atoms with E-state index in [1.807, 2.05) is 0 Å². The predicted molar refractivity (Wildman–Crippen MR) is 84.5 cm³/mol. The van der Waals surface area contributed by atoms with Gasteiger partial charge in [0, 0.05) is 44.7 Å². The van der Waals surface area contributed by atoms with Gasteiger partial charge in [0.2, 0.25) is 0 Å². The Hall–Kier alpha value is -1.36. The van der Waals surface area contributed by atoms with Gasteiger partial charge in [-0.05, 0) is 20.4 Å². The van der Waals surface area contributed by atoms with Crippen molar-refractivity contribution < 1.29 is 0 Å². The molecule has 1 aliphatic heterocycles. The van der Waals surface area contributed by atoms with Crippen LogP contribution in [0, 0.1) is 0 Å². The van der Waals surface area contributed by atoms with Crippen LogP contribution in [-0.2, 0) is 6.42 Å². The molecule has 0 bridgehead atoms. The maximum absolute atomic E-state index is 4.70. The van der Waals surface area contributed by atoms with Gasteiger partial charge in [-0.2, -0.15) is 0 Å². The van der Waals surface area contributed by atoms with Crippen molar-refractivity contribution in [3.05, 3.63) is 11.9 Å². The summed E-state index contributed by atoms with van der Waals surface area (Å²) in [5.41, 5.74) is 0. The van der Waals surface area contributed by atoms with Crippen LogP contribution in [0.15, 0.2) is 6.07 Å². The summed E-state index contributed by atoms with van der Waals surface area (Å²) in [6.45, 7) is 13.9. The zero-order chi connectivity index (χ0) is 14.5. The lowest BCUT2D eigenvalue weighted by Crippen LogP contribution is -2.52. The second kappa shape index (κ2) is 6.88. The molecule has 112 valence electrons. The van der Waals surface area contributed by atoms with E-state index in [1.54, 1.807) is 0 Å². The zero-order valence-corrected chi connectivity index (χ0v) is 13.2. The summed E-state index contributed by atoms with van der Waals surface area (Å²) in [6.07, 6.45) is 0.872. The molecule has 0 radical (unpaired) electrons. The van der Waals surface area contributed by atoms with Crippen molar-refractivity contribution in [2.75, 3.05) is 42.9 Å². The van der Waals surface area contributed by atoms with Crippen LogP contribution in [0.1, 0.15) is 33.5 Å². The summed E-state index contributed by atoms with van der Waals surface area (Å²) in [5, 5.41) is 3.30. The van der Waals surface area contributed by atoms with E-state index >= 15 is 0 Å². The van der Waals surface area contributed by atoms with E-state index in [9.17, 15) is 0 Å². The number of aryl methyl sites for hydroxylation is 1. The van der Waals surface area contributed by atoms with E-state index in [4.69, 9.17) is 4.98 Å². The molecule has 1 unspecified atom stereocenters. The van der Waals surface area contributed by atoms with Crippen LogP contribution >= 0.6 is 0 Å². The second-order valence-corrected chi connectivity index (χ2v) is 5.34. The number of rotatable bonds is 5. The molecular formula is C15H27N5. The van der Waals surface area contributed by atoms with Crippen LogP contribution in [0.3, 0.4) is 0 Å². The second-order valence-electron chi connectivity index (χ2n) is 5.34. The number of hydrogen-bond donors (Lipinski definition) is 1. The third kappa shape index (κ3) is 3.39. The highest BCUT2D eigenvalue weighted by Gasteiger charge is 2.23. The Morgan fingerprint density at radius 1 is 1.25 bits per heavy atom. The molecule has 1 aliphatic rings. The highest BCUT2D eigenvalue weighted by Crippen LogP contribution is 2.20. The summed E-state index contributed by atoms with van der Waals surface area (Å²) in [4.78, 5) is 14.1. The Balaban J connectivity index is 2.17. The molecule has 5 nitrogen and oxygen atoms in total. The smallest absolute Gasteiger partial charge is 0.134 e. The molecule has 0 saturated carbocycles. The van der Waals surface area contributed by atoms with Crippen molar-refractivity contribution in [1.82, 2.24) is 14.9 Å². The third-order valence-corrected chi connectivity index (χ3v) is 3.93. The standard InChI is InChI=1S/C15H27N5/c1-5-13-17-14(16-6-2)10-15(18-13)20-9-8-19(7-3)12(4)11-20/h10,12H,5-9,11H2,1-4H3,(H,16,17,18). The van der Waals surface area contributed by atoms with Crippen molar-refractivity contribution in [3.8, 4) is 0 Å². The van der Waals surface area contributed by atoms with Gasteiger partial charge in [0.15, 0.2) is 0 Å². The summed E-state index contributed by atoms with van der Waals surface area (Å²) >= 11 is 0. The highest BCUT2D eigenvalue weighted by molar-refractivity contribution is 5.50. The van der Waals surface area contributed by atoms with Gasteiger partial charge >= 0.3 is 0 Å². The topological polar surface area (TPSA) is 44.3 Å². The van der Waals surface area contributed by atoms with Gasteiger partial charge in [-0.3, -0.25) is 4.90 Å². The first kappa shape index (κ1) is 15.0. The largest absolute Gasteiger partial charge is 0.370 e. The molecule has 0 aliphatic carbocycles. The third-order valence-electron chi connectivity index (χ3n) is 3.93. The number of anilines is 2. The molecule has 0 amide bonds. The van der Waals surface area contributed by atoms with E-state index in [0.29, 0.717) is 6.04 Å². The summed E-state index contributed by atoms with van der Waals surface area (Å²) in [5.74, 6) is 2.93. The average Bonchev–Trinajstić information content (AvgIpc) is 2.47. The minimum absolute atomic E-state index is 0.580. The van der Waals surface area contributed by atoms with Gasteiger partial charge in [0.25, 0.3) is 0 Å². The maximum Gasteiger partial charge on any atom is 0.134 e. The summed E-state index contributed by atoms with van der Waals surface area (Å²) in [7, 11) is 0. The molecule has 1 fully saturated rings. The molecule has 1 aromatic heterocycles. The monoisotopic (exact) mass is 277 g/mol. The first-order chi connectivity index (χ1) is 9.67. The van der Waals surface area contributed by atoms with Crippen molar-refractivity contribution in [2.45, 2.75) is 40.2 Å². The van der Waals surface area contributed by atoms with E-state index in [2.05, 4.69) is 53.9 Å². The molecule has 2 rings (SSSR count). The highest BCUT2D eigenvalue weighted by atomic mass is 15.3. The quantitative estimate of drug-likeness (QED) is 0.892. The molecule has 0 aromatic carbocycles. The molecule has 1 atom stereocenters. The molecule has 1 saturated heterocycles. The van der Waals surface area contributed by atoms with Crippen LogP contribution in [0.5, 0.6) is 0 Å². The molecule has 2 heterocycles. The number of aromatic nitrogens is 2. The summed E-state index contributed by atoms with van der Waals surface area (Å²) in [6, 6.07) is 2.66. The van der Waals surface area contributed by atoms with Crippen LogP contribution in [0.2, 0.25) is 0 Å². The number of hydrogen-bond acceptors (Lipinski definition) is 5. The number of nitrogens with one attached hydrogen (secondary N) is 1. The van der Waals surface area contributed by atoms with Gasteiger partial charge in [0.05, 0.1) is 0 Å². The first-order valence-corrected chi connectivity index (χ1v) is 7.78. The molecule has 0 spiro atoms. The fourth-order valence-electron chi connectivity index (χ4n) is 2.75. The Morgan fingerprint density at radius 2 is 2.05 bits per heavy atom. The lowest BCUT2D eigenvalue weighted by molar-refractivity contribution is 0.199. The molecule has 20 heavy (non-hydrogen) atoms. The lowest BCUT2D eigenvalue weighted by atomic mass is 10.2. The van der Waals surface area contributed by atoms with E-state index in [-0.39, 0.29) is 0 Å². The van der Waals surface area contributed by atoms with Crippen LogP contribution < -0.4 is 10.2 Å². The first-order valence-electron chi connectivity index (χ1n) is 7.78. The van der Waals surface area contributed by atoms with Gasteiger partial charge in [0.1, 0.15) is 17.5 Å². The van der Waals surface area contributed by atoms with Gasteiger partial charge in [-0.25, -0.2) is 9.97 Å². The predicted octanol–water partition coefficient (Wildman–Crippen LogP) is 2.00. The zero-order valence-electron chi connectivity index (χ0n) is 13.2. The van der Waals surface area contributed by atoms with Crippen molar-refractivity contribution >= 4 is 11.6 Å². The maximum atomic E-state index is 4.70. The fourth-order valence-corrected chi connectivity index (χ4v) is 2.75. The number of likely N-dealkylation sites (N-methyl/N-ethyl adjacent to an activating group) is 1. The fraction of sp³-hybridized carbons (Fsp3) is 0.733. The van der Waals surface area contributed by atoms with E-state index in [0.717, 1.165) is 56.6 Å². The number of piperazine rings is 1. The van der Waals surface area contributed by atoms with Crippen molar-refractivity contribution in [2.24, 2.45) is 0 Å². The Kier molecular flexibility index (Phi) is 5.17. The van der Waals surface area contributed by atoms with Crippen LogP contribution in [-0.4, -0.2) is 53.6 Å². The van der Waals surface area contributed by atoms with Crippen molar-refractivity contribution in [1.29, 1.82) is 0 Å². The molecular weight excluding hydrogens is 250 g/mol. The molecule has 1 aromatic rings. The average molecular weight is 277 g/mol. The minimum Gasteiger partial charge on any atom is -0.370 e.